The Balaban J connectivity index is 1.58. The molecule has 1 aliphatic heterocycles. The summed E-state index contributed by atoms with van der Waals surface area (Å²) in [6, 6.07) is 4.46. The lowest BCUT2D eigenvalue weighted by Gasteiger charge is -2.32. The molecule has 1 N–H and O–H groups in total. The summed E-state index contributed by atoms with van der Waals surface area (Å²) in [5.41, 5.74) is 0.580. The van der Waals surface area contributed by atoms with Gasteiger partial charge in [0.15, 0.2) is 0 Å². The van der Waals surface area contributed by atoms with E-state index >= 15 is 0 Å². The van der Waals surface area contributed by atoms with Crippen molar-refractivity contribution in [1.29, 1.82) is 0 Å². The maximum absolute atomic E-state index is 12.5. The summed E-state index contributed by atoms with van der Waals surface area (Å²) in [6.07, 6.45) is 1.26. The van der Waals surface area contributed by atoms with E-state index in [0.717, 1.165) is 6.41 Å². The fourth-order valence-electron chi connectivity index (χ4n) is 3.13. The first kappa shape index (κ1) is 19.2. The lowest BCUT2D eigenvalue weighted by atomic mass is 10.2. The van der Waals surface area contributed by atoms with Crippen molar-refractivity contribution in [3.8, 4) is 0 Å². The Labute approximate surface area is 161 Å². The van der Waals surface area contributed by atoms with Crippen molar-refractivity contribution < 1.29 is 23.9 Å². The number of methoxy groups -OCH3 is 1. The number of carbonyl (C=O) groups is 4. The fourth-order valence-corrected chi connectivity index (χ4v) is 3.30. The molecule has 1 aromatic rings. The predicted octanol–water partition coefficient (Wildman–Crippen LogP) is 1.00. The highest BCUT2D eigenvalue weighted by Gasteiger charge is 2.49. The van der Waals surface area contributed by atoms with Crippen LogP contribution in [-0.2, 0) is 19.1 Å². The van der Waals surface area contributed by atoms with Crippen LogP contribution in [0.15, 0.2) is 18.2 Å². The molecule has 0 aromatic heterocycles. The largest absolute Gasteiger partial charge is 0.465 e. The number of piperazine rings is 1. The van der Waals surface area contributed by atoms with Crippen LogP contribution in [0.2, 0.25) is 5.02 Å². The number of rotatable bonds is 5. The van der Waals surface area contributed by atoms with E-state index in [1.807, 2.05) is 0 Å². The molecule has 9 heteroatoms. The van der Waals surface area contributed by atoms with E-state index in [2.05, 4.69) is 10.1 Å². The van der Waals surface area contributed by atoms with Gasteiger partial charge in [-0.15, -0.1) is 0 Å². The van der Waals surface area contributed by atoms with Crippen molar-refractivity contribution >= 4 is 41.5 Å². The molecule has 2 fully saturated rings. The number of esters is 1. The number of nitrogens with one attached hydrogen (secondary N) is 1. The number of hydrogen-bond acceptors (Lipinski definition) is 5. The molecule has 1 heterocycles. The summed E-state index contributed by atoms with van der Waals surface area (Å²) in [7, 11) is 1.27. The molecule has 0 radical (unpaired) electrons. The Morgan fingerprint density at radius 3 is 2.52 bits per heavy atom. The Morgan fingerprint density at radius 1 is 1.19 bits per heavy atom. The van der Waals surface area contributed by atoms with Crippen LogP contribution in [-0.4, -0.2) is 67.3 Å². The van der Waals surface area contributed by atoms with Gasteiger partial charge in [-0.05, 0) is 24.6 Å². The van der Waals surface area contributed by atoms with Crippen molar-refractivity contribution in [1.82, 2.24) is 9.80 Å². The van der Waals surface area contributed by atoms with Gasteiger partial charge in [0, 0.05) is 26.2 Å². The van der Waals surface area contributed by atoms with Crippen molar-refractivity contribution in [3.05, 3.63) is 28.8 Å². The molecule has 3 rings (SSSR count). The highest BCUT2D eigenvalue weighted by molar-refractivity contribution is 6.34. The van der Waals surface area contributed by atoms with Crippen molar-refractivity contribution in [2.45, 2.75) is 6.42 Å². The van der Waals surface area contributed by atoms with Crippen LogP contribution in [0.3, 0.4) is 0 Å². The Hall–Kier alpha value is -2.61. The molecule has 8 nitrogen and oxygen atoms in total. The van der Waals surface area contributed by atoms with E-state index in [-0.39, 0.29) is 23.3 Å². The zero-order valence-corrected chi connectivity index (χ0v) is 15.6. The Kier molecular flexibility index (Phi) is 5.65. The molecule has 0 spiro atoms. The molecule has 0 bridgehead atoms. The normalized spacial score (nSPS) is 21.4. The van der Waals surface area contributed by atoms with Gasteiger partial charge in [0.1, 0.15) is 0 Å². The summed E-state index contributed by atoms with van der Waals surface area (Å²) < 4.78 is 4.66. The average Bonchev–Trinajstić information content (AvgIpc) is 3.49. The molecule has 2 unspecified atom stereocenters. The van der Waals surface area contributed by atoms with E-state index in [4.69, 9.17) is 11.6 Å². The second-order valence-electron chi connectivity index (χ2n) is 6.59. The summed E-state index contributed by atoms with van der Waals surface area (Å²) in [5, 5.41) is 2.99. The zero-order chi connectivity index (χ0) is 19.6. The first-order valence-electron chi connectivity index (χ1n) is 8.61. The van der Waals surface area contributed by atoms with Crippen LogP contribution < -0.4 is 5.32 Å². The molecule has 1 saturated heterocycles. The molecule has 144 valence electrons. The van der Waals surface area contributed by atoms with Gasteiger partial charge in [-0.1, -0.05) is 11.6 Å². The minimum atomic E-state index is -0.531. The highest BCUT2D eigenvalue weighted by atomic mass is 35.5. The molecular formula is C18H20ClN3O5. The van der Waals surface area contributed by atoms with E-state index in [1.165, 1.54) is 25.3 Å². The van der Waals surface area contributed by atoms with Crippen LogP contribution in [0, 0.1) is 11.8 Å². The number of hydrogen-bond donors (Lipinski definition) is 1. The number of benzene rings is 1. The lowest BCUT2D eigenvalue weighted by molar-refractivity contribution is -0.137. The third-order valence-electron chi connectivity index (χ3n) is 4.86. The van der Waals surface area contributed by atoms with Gasteiger partial charge in [0.25, 0.3) is 0 Å². The first-order chi connectivity index (χ1) is 12.9. The summed E-state index contributed by atoms with van der Waals surface area (Å²) in [4.78, 5) is 50.7. The molecular weight excluding hydrogens is 374 g/mol. The molecule has 2 aliphatic rings. The standard InChI is InChI=1S/C18H20ClN3O5/c1-27-18(26)11-2-3-14(19)15(8-11)20-16(24)12-9-13(12)17(25)22-6-4-21(10-23)5-7-22/h2-3,8,10,12-13H,4-7,9H2,1H3,(H,20,24). The van der Waals surface area contributed by atoms with E-state index in [9.17, 15) is 19.2 Å². The Bertz CT molecular complexity index is 776. The van der Waals surface area contributed by atoms with Gasteiger partial charge in [0.2, 0.25) is 18.2 Å². The molecule has 1 aromatic carbocycles. The van der Waals surface area contributed by atoms with E-state index < -0.39 is 11.9 Å². The highest BCUT2D eigenvalue weighted by Crippen LogP contribution is 2.41. The van der Waals surface area contributed by atoms with Crippen LogP contribution >= 0.6 is 11.6 Å². The number of nitrogens with zero attached hydrogens (tertiary/aromatic N) is 2. The second kappa shape index (κ2) is 7.96. The summed E-state index contributed by atoms with van der Waals surface area (Å²) in [5.74, 6) is -1.66. The zero-order valence-electron chi connectivity index (χ0n) is 14.8. The number of halogens is 1. The van der Waals surface area contributed by atoms with Gasteiger partial charge in [-0.2, -0.15) is 0 Å². The SMILES string of the molecule is COC(=O)c1ccc(Cl)c(NC(=O)C2CC2C(=O)N2CCN(C=O)CC2)c1. The molecule has 1 aliphatic carbocycles. The van der Waals surface area contributed by atoms with Crippen molar-refractivity contribution in [3.63, 3.8) is 0 Å². The second-order valence-corrected chi connectivity index (χ2v) is 7.00. The molecule has 1 saturated carbocycles. The smallest absolute Gasteiger partial charge is 0.337 e. The molecule has 27 heavy (non-hydrogen) atoms. The summed E-state index contributed by atoms with van der Waals surface area (Å²) in [6.45, 7) is 1.98. The number of carbonyl (C=O) groups excluding carboxylic acids is 4. The first-order valence-corrected chi connectivity index (χ1v) is 8.99. The molecule has 3 amide bonds. The lowest BCUT2D eigenvalue weighted by Crippen LogP contribution is -2.48. The predicted molar refractivity (Wildman–Crippen MR) is 97.2 cm³/mol. The van der Waals surface area contributed by atoms with Crippen LogP contribution in [0.1, 0.15) is 16.8 Å². The minimum Gasteiger partial charge on any atom is -0.465 e. The monoisotopic (exact) mass is 393 g/mol. The van der Waals surface area contributed by atoms with Gasteiger partial charge in [-0.3, -0.25) is 14.4 Å². The van der Waals surface area contributed by atoms with E-state index in [1.54, 1.807) is 9.80 Å². The van der Waals surface area contributed by atoms with Gasteiger partial charge < -0.3 is 19.9 Å². The van der Waals surface area contributed by atoms with Crippen molar-refractivity contribution in [2.24, 2.45) is 11.8 Å². The van der Waals surface area contributed by atoms with Gasteiger partial charge in [-0.25, -0.2) is 4.79 Å². The third kappa shape index (κ3) is 4.21. The third-order valence-corrected chi connectivity index (χ3v) is 5.19. The Morgan fingerprint density at radius 2 is 1.89 bits per heavy atom. The number of amides is 3. The van der Waals surface area contributed by atoms with Crippen LogP contribution in [0.25, 0.3) is 0 Å². The van der Waals surface area contributed by atoms with E-state index in [0.29, 0.717) is 43.3 Å². The van der Waals surface area contributed by atoms with Gasteiger partial charge in [0.05, 0.1) is 35.2 Å². The van der Waals surface area contributed by atoms with Gasteiger partial charge >= 0.3 is 5.97 Å². The number of anilines is 1. The molecule has 2 atom stereocenters. The minimum absolute atomic E-state index is 0.0601. The number of ether oxygens (including phenoxy) is 1. The topological polar surface area (TPSA) is 96.0 Å². The van der Waals surface area contributed by atoms with Crippen LogP contribution in [0.5, 0.6) is 0 Å². The van der Waals surface area contributed by atoms with Crippen molar-refractivity contribution in [2.75, 3.05) is 38.6 Å². The van der Waals surface area contributed by atoms with Crippen LogP contribution in [0.4, 0.5) is 5.69 Å². The maximum atomic E-state index is 12.5. The maximum Gasteiger partial charge on any atom is 0.337 e. The fraction of sp³-hybridized carbons (Fsp3) is 0.444. The average molecular weight is 394 g/mol. The summed E-state index contributed by atoms with van der Waals surface area (Å²) >= 11 is 6.09. The quantitative estimate of drug-likeness (QED) is 0.594.